The fourth-order valence-electron chi connectivity index (χ4n) is 2.32. The highest BCUT2D eigenvalue weighted by molar-refractivity contribution is 4.89. The third-order valence-corrected chi connectivity index (χ3v) is 3.27. The molecular formula is C9H20N2O2. The summed E-state index contributed by atoms with van der Waals surface area (Å²) in [7, 11) is 0. The molecule has 0 bridgehead atoms. The summed E-state index contributed by atoms with van der Waals surface area (Å²) in [6, 6.07) is 0. The van der Waals surface area contributed by atoms with Gasteiger partial charge in [-0.05, 0) is 27.7 Å². The first-order valence-corrected chi connectivity index (χ1v) is 4.67. The maximum atomic E-state index is 12.2. The van der Waals surface area contributed by atoms with Gasteiger partial charge >= 0.3 is 0 Å². The second kappa shape index (κ2) is 2.67. The summed E-state index contributed by atoms with van der Waals surface area (Å²) in [4.78, 5) is 0. The van der Waals surface area contributed by atoms with E-state index < -0.39 is 21.9 Å². The molecule has 0 atom stereocenters. The maximum Gasteiger partial charge on any atom is 0.113 e. The first-order chi connectivity index (χ1) is 5.60. The van der Waals surface area contributed by atoms with E-state index in [0.29, 0.717) is 12.8 Å². The van der Waals surface area contributed by atoms with E-state index in [0.717, 1.165) is 0 Å². The minimum atomic E-state index is -0.767. The molecule has 1 rings (SSSR count). The van der Waals surface area contributed by atoms with Crippen molar-refractivity contribution in [3.63, 3.8) is 0 Å². The lowest BCUT2D eigenvalue weighted by Gasteiger charge is -2.62. The smallest absolute Gasteiger partial charge is 0.113 e. The van der Waals surface area contributed by atoms with Gasteiger partial charge in [-0.3, -0.25) is 4.76 Å². The third-order valence-electron chi connectivity index (χ3n) is 3.27. The molecule has 1 fully saturated rings. The van der Waals surface area contributed by atoms with Crippen LogP contribution in [0.2, 0.25) is 0 Å². The summed E-state index contributed by atoms with van der Waals surface area (Å²) in [5.41, 5.74) is -1.22. The van der Waals surface area contributed by atoms with Crippen molar-refractivity contribution in [3.8, 4) is 0 Å². The lowest BCUT2D eigenvalue weighted by Crippen LogP contribution is -2.75. The molecule has 0 aliphatic carbocycles. The van der Waals surface area contributed by atoms with Gasteiger partial charge in [-0.25, -0.2) is 0 Å². The summed E-state index contributed by atoms with van der Waals surface area (Å²) >= 11 is 0. The zero-order chi connectivity index (χ0) is 10.5. The Bertz CT molecular complexity index is 192. The number of nitrogens with two attached hydrogens (primary N) is 1. The van der Waals surface area contributed by atoms with E-state index in [1.54, 1.807) is 0 Å². The standard InChI is InChI=1S/C9H20N2O2/c1-8(2)5-7(12)6-9(3,4)11(8,10)13/h7,12H,5-6,10H2,1-4H3. The molecule has 78 valence electrons. The van der Waals surface area contributed by atoms with E-state index in [-0.39, 0.29) is 0 Å². The Balaban J connectivity index is 3.03. The average molecular weight is 188 g/mol. The molecule has 0 aromatic rings. The van der Waals surface area contributed by atoms with E-state index >= 15 is 0 Å². The summed E-state index contributed by atoms with van der Waals surface area (Å²) < 4.78 is -0.767. The van der Waals surface area contributed by atoms with Crippen LogP contribution in [-0.2, 0) is 0 Å². The van der Waals surface area contributed by atoms with E-state index in [1.165, 1.54) is 0 Å². The zero-order valence-electron chi connectivity index (χ0n) is 8.87. The Labute approximate surface area is 79.5 Å². The highest BCUT2D eigenvalue weighted by Gasteiger charge is 2.52. The number of aliphatic hydroxyl groups excluding tert-OH is 1. The van der Waals surface area contributed by atoms with Crippen LogP contribution in [0.15, 0.2) is 0 Å². The zero-order valence-corrected chi connectivity index (χ0v) is 8.87. The van der Waals surface area contributed by atoms with Crippen LogP contribution in [0.25, 0.3) is 0 Å². The van der Waals surface area contributed by atoms with Gasteiger partial charge in [0.1, 0.15) is 11.1 Å². The highest BCUT2D eigenvalue weighted by Crippen LogP contribution is 2.41. The summed E-state index contributed by atoms with van der Waals surface area (Å²) in [5.74, 6) is 5.77. The van der Waals surface area contributed by atoms with Crippen molar-refractivity contribution in [1.29, 1.82) is 0 Å². The molecule has 0 aromatic heterocycles. The van der Waals surface area contributed by atoms with E-state index in [9.17, 15) is 10.3 Å². The third kappa shape index (κ3) is 1.48. The normalized spacial score (nSPS) is 43.2. The molecule has 0 spiro atoms. The van der Waals surface area contributed by atoms with Crippen LogP contribution < -0.4 is 5.84 Å². The fourth-order valence-corrected chi connectivity index (χ4v) is 2.32. The van der Waals surface area contributed by atoms with Gasteiger partial charge < -0.3 is 10.3 Å². The molecule has 0 unspecified atom stereocenters. The number of piperidine rings is 1. The predicted molar refractivity (Wildman–Crippen MR) is 51.2 cm³/mol. The maximum absolute atomic E-state index is 12.2. The van der Waals surface area contributed by atoms with Crippen molar-refractivity contribution >= 4 is 0 Å². The van der Waals surface area contributed by atoms with Crippen LogP contribution in [0.3, 0.4) is 0 Å². The predicted octanol–water partition coefficient (Wildman–Crippen LogP) is 0.887. The van der Waals surface area contributed by atoms with Gasteiger partial charge in [0.25, 0.3) is 0 Å². The van der Waals surface area contributed by atoms with Crippen molar-refractivity contribution < 1.29 is 9.86 Å². The molecule has 1 aliphatic rings. The van der Waals surface area contributed by atoms with Crippen LogP contribution in [0.4, 0.5) is 0 Å². The van der Waals surface area contributed by atoms with Gasteiger partial charge in [0.2, 0.25) is 0 Å². The summed E-state index contributed by atoms with van der Waals surface area (Å²) in [6.07, 6.45) is 0.529. The van der Waals surface area contributed by atoms with Crippen molar-refractivity contribution in [2.75, 3.05) is 0 Å². The quantitative estimate of drug-likeness (QED) is 0.337. The minimum Gasteiger partial charge on any atom is -0.611 e. The van der Waals surface area contributed by atoms with Crippen molar-refractivity contribution in [2.45, 2.75) is 57.7 Å². The van der Waals surface area contributed by atoms with Crippen molar-refractivity contribution in [1.82, 2.24) is 0 Å². The van der Waals surface area contributed by atoms with Gasteiger partial charge in [0.05, 0.1) is 6.10 Å². The van der Waals surface area contributed by atoms with Crippen LogP contribution in [0, 0.1) is 5.21 Å². The molecule has 0 saturated carbocycles. The van der Waals surface area contributed by atoms with Crippen LogP contribution in [-0.4, -0.2) is 27.0 Å². The lowest BCUT2D eigenvalue weighted by atomic mass is 9.79. The molecule has 1 aliphatic heterocycles. The Morgan fingerprint density at radius 3 is 1.85 bits per heavy atom. The SMILES string of the molecule is CC1(C)CC(O)CC(C)(C)[N+]1(N)[O-]. The minimum absolute atomic E-state index is 0.409. The second-order valence-corrected chi connectivity index (χ2v) is 5.34. The topological polar surface area (TPSA) is 69.3 Å². The van der Waals surface area contributed by atoms with E-state index in [4.69, 9.17) is 5.84 Å². The highest BCUT2D eigenvalue weighted by atomic mass is 16.6. The van der Waals surface area contributed by atoms with Gasteiger partial charge in [-0.1, -0.05) is 0 Å². The number of hydroxylamine groups is 2. The number of hydrogen-bond acceptors (Lipinski definition) is 3. The largest absolute Gasteiger partial charge is 0.611 e. The number of nitrogens with zero attached hydrogens (tertiary/aromatic N) is 1. The molecule has 0 radical (unpaired) electrons. The van der Waals surface area contributed by atoms with Crippen molar-refractivity contribution in [2.24, 2.45) is 5.84 Å². The van der Waals surface area contributed by atoms with Crippen LogP contribution in [0.5, 0.6) is 0 Å². The first kappa shape index (κ1) is 10.9. The van der Waals surface area contributed by atoms with Gasteiger partial charge in [0, 0.05) is 12.8 Å². The molecule has 0 aromatic carbocycles. The molecule has 1 saturated heterocycles. The van der Waals surface area contributed by atoms with E-state index in [2.05, 4.69) is 0 Å². The summed E-state index contributed by atoms with van der Waals surface area (Å²) in [6.45, 7) is 7.24. The number of hydrogen-bond donors (Lipinski definition) is 2. The molecular weight excluding hydrogens is 168 g/mol. The Hall–Kier alpha value is -0.160. The van der Waals surface area contributed by atoms with Crippen molar-refractivity contribution in [3.05, 3.63) is 5.21 Å². The second-order valence-electron chi connectivity index (χ2n) is 5.34. The molecule has 0 amide bonds. The van der Waals surface area contributed by atoms with Crippen LogP contribution in [0.1, 0.15) is 40.5 Å². The number of quaternary nitrogens is 1. The average Bonchev–Trinajstić information content (AvgIpc) is 1.80. The Morgan fingerprint density at radius 2 is 1.54 bits per heavy atom. The Kier molecular flexibility index (Phi) is 2.24. The van der Waals surface area contributed by atoms with Gasteiger partial charge in [-0.2, -0.15) is 5.84 Å². The number of aliphatic hydroxyl groups is 1. The lowest BCUT2D eigenvalue weighted by molar-refractivity contribution is -0.990. The van der Waals surface area contributed by atoms with Gasteiger partial charge in [-0.15, -0.1) is 0 Å². The monoisotopic (exact) mass is 188 g/mol. The molecule has 13 heavy (non-hydrogen) atoms. The first-order valence-electron chi connectivity index (χ1n) is 4.67. The molecule has 1 heterocycles. The molecule has 4 heteroatoms. The fraction of sp³-hybridized carbons (Fsp3) is 1.00. The Morgan fingerprint density at radius 1 is 1.23 bits per heavy atom. The van der Waals surface area contributed by atoms with Gasteiger partial charge in [0.15, 0.2) is 0 Å². The molecule has 3 N–H and O–H groups in total. The van der Waals surface area contributed by atoms with Crippen LogP contribution >= 0.6 is 0 Å². The van der Waals surface area contributed by atoms with E-state index in [1.807, 2.05) is 27.7 Å². The number of rotatable bonds is 0. The summed E-state index contributed by atoms with van der Waals surface area (Å²) in [5, 5.41) is 21.8. The molecule has 4 nitrogen and oxygen atoms in total.